The number of ether oxygens (including phenoxy) is 1. The summed E-state index contributed by atoms with van der Waals surface area (Å²) in [5.41, 5.74) is 2.77. The van der Waals surface area contributed by atoms with E-state index in [1.807, 2.05) is 41.2 Å². The largest absolute Gasteiger partial charge is 0.497 e. The molecule has 0 amide bonds. The van der Waals surface area contributed by atoms with Crippen LogP contribution in [0, 0.1) is 0 Å². The van der Waals surface area contributed by atoms with E-state index in [0.29, 0.717) is 11.7 Å². The summed E-state index contributed by atoms with van der Waals surface area (Å²) >= 11 is 8.07. The van der Waals surface area contributed by atoms with E-state index >= 15 is 0 Å². The summed E-state index contributed by atoms with van der Waals surface area (Å²) in [6.45, 7) is 0.665. The van der Waals surface area contributed by atoms with Crippen LogP contribution in [0.2, 0.25) is 5.15 Å². The fourth-order valence-corrected chi connectivity index (χ4v) is 3.55. The second-order valence-electron chi connectivity index (χ2n) is 5.72. The van der Waals surface area contributed by atoms with E-state index in [2.05, 4.69) is 28.5 Å². The Morgan fingerprint density at radius 1 is 1.12 bits per heavy atom. The molecule has 2 heterocycles. The molecular weight excluding hydrogens is 354 g/mol. The van der Waals surface area contributed by atoms with Crippen molar-refractivity contribution in [3.8, 4) is 5.75 Å². The highest BCUT2D eigenvalue weighted by molar-refractivity contribution is 7.98. The maximum Gasteiger partial charge on any atom is 0.157 e. The molecule has 0 spiro atoms. The van der Waals surface area contributed by atoms with Crippen LogP contribution < -0.4 is 4.74 Å². The topological polar surface area (TPSA) is 39.9 Å². The van der Waals surface area contributed by atoms with Crippen molar-refractivity contribution >= 4 is 45.2 Å². The van der Waals surface area contributed by atoms with Crippen molar-refractivity contribution < 1.29 is 4.74 Å². The van der Waals surface area contributed by atoms with Crippen LogP contribution in [0.25, 0.3) is 21.8 Å². The molecule has 0 unspecified atom stereocenters. The number of benzene rings is 2. The Kier molecular flexibility index (Phi) is 4.27. The third-order valence-electron chi connectivity index (χ3n) is 4.17. The summed E-state index contributed by atoms with van der Waals surface area (Å²) in [5, 5.41) is 7.18. The molecule has 0 bridgehead atoms. The number of rotatable bonds is 4. The predicted molar refractivity (Wildman–Crippen MR) is 104 cm³/mol. The number of aromatic nitrogens is 3. The van der Waals surface area contributed by atoms with Gasteiger partial charge in [0.15, 0.2) is 5.15 Å². The minimum absolute atomic E-state index is 0.438. The number of nitrogens with zero attached hydrogens (tertiary/aromatic N) is 3. The zero-order valence-corrected chi connectivity index (χ0v) is 15.4. The number of fused-ring (bicyclic) bond motifs is 3. The monoisotopic (exact) mass is 369 g/mol. The molecule has 4 rings (SSSR count). The number of hydrogen-bond donors (Lipinski definition) is 0. The van der Waals surface area contributed by atoms with E-state index in [1.165, 1.54) is 4.90 Å². The smallest absolute Gasteiger partial charge is 0.157 e. The van der Waals surface area contributed by atoms with Gasteiger partial charge in [-0.3, -0.25) is 4.68 Å². The van der Waals surface area contributed by atoms with Crippen molar-refractivity contribution in [3.05, 3.63) is 59.4 Å². The summed E-state index contributed by atoms with van der Waals surface area (Å²) < 4.78 is 7.11. The number of halogens is 1. The van der Waals surface area contributed by atoms with Crippen molar-refractivity contribution in [2.24, 2.45) is 0 Å². The summed E-state index contributed by atoms with van der Waals surface area (Å²) in [6, 6.07) is 14.2. The van der Waals surface area contributed by atoms with Gasteiger partial charge in [-0.05, 0) is 42.2 Å². The van der Waals surface area contributed by atoms with E-state index in [4.69, 9.17) is 16.3 Å². The van der Waals surface area contributed by atoms with E-state index in [1.54, 1.807) is 18.9 Å². The first-order valence-electron chi connectivity index (χ1n) is 7.81. The molecular formula is C19H16ClN3OS. The van der Waals surface area contributed by atoms with Gasteiger partial charge < -0.3 is 4.74 Å². The molecule has 4 nitrogen and oxygen atoms in total. The molecule has 6 heteroatoms. The highest BCUT2D eigenvalue weighted by atomic mass is 35.5. The number of thioether (sulfide) groups is 1. The number of pyridine rings is 1. The van der Waals surface area contributed by atoms with Crippen LogP contribution in [-0.4, -0.2) is 28.1 Å². The number of hydrogen-bond acceptors (Lipinski definition) is 4. The van der Waals surface area contributed by atoms with Gasteiger partial charge in [0.2, 0.25) is 0 Å². The minimum Gasteiger partial charge on any atom is -0.497 e. The van der Waals surface area contributed by atoms with Crippen LogP contribution in [0.3, 0.4) is 0 Å². The highest BCUT2D eigenvalue weighted by Crippen LogP contribution is 2.31. The lowest BCUT2D eigenvalue weighted by Crippen LogP contribution is -1.99. The van der Waals surface area contributed by atoms with Crippen LogP contribution in [0.5, 0.6) is 5.75 Å². The molecule has 0 saturated carbocycles. The van der Waals surface area contributed by atoms with Crippen molar-refractivity contribution in [3.63, 3.8) is 0 Å². The summed E-state index contributed by atoms with van der Waals surface area (Å²) in [6.07, 6.45) is 4.11. The lowest BCUT2D eigenvalue weighted by atomic mass is 10.1. The molecule has 0 aliphatic rings. The van der Waals surface area contributed by atoms with Crippen molar-refractivity contribution in [2.75, 3.05) is 13.4 Å². The Balaban J connectivity index is 1.80. The van der Waals surface area contributed by atoms with Gasteiger partial charge in [0.25, 0.3) is 0 Å². The minimum atomic E-state index is 0.438. The van der Waals surface area contributed by atoms with Gasteiger partial charge in [0.05, 0.1) is 19.2 Å². The Morgan fingerprint density at radius 2 is 1.92 bits per heavy atom. The summed E-state index contributed by atoms with van der Waals surface area (Å²) in [5.74, 6) is 0.845. The Labute approximate surface area is 154 Å². The molecule has 0 aliphatic carbocycles. The van der Waals surface area contributed by atoms with Gasteiger partial charge in [0, 0.05) is 21.9 Å². The summed E-state index contributed by atoms with van der Waals surface area (Å²) in [4.78, 5) is 5.68. The molecule has 2 aromatic heterocycles. The summed E-state index contributed by atoms with van der Waals surface area (Å²) in [7, 11) is 1.66. The number of methoxy groups -OCH3 is 1. The van der Waals surface area contributed by atoms with E-state index < -0.39 is 0 Å². The van der Waals surface area contributed by atoms with Crippen molar-refractivity contribution in [1.29, 1.82) is 0 Å². The van der Waals surface area contributed by atoms with Crippen LogP contribution in [0.15, 0.2) is 53.6 Å². The standard InChI is InChI=1S/C19H16ClN3OS/c1-24-13-5-3-12(4-6-13)10-23-11-16-15-9-14(25-2)7-8-17(15)21-19(20)18(16)22-23/h3-9,11H,10H2,1-2H3. The third kappa shape index (κ3) is 3.05. The fraction of sp³-hybridized carbons (Fsp3) is 0.158. The zero-order valence-electron chi connectivity index (χ0n) is 13.9. The van der Waals surface area contributed by atoms with Gasteiger partial charge in [0.1, 0.15) is 11.3 Å². The van der Waals surface area contributed by atoms with Gasteiger partial charge in [-0.25, -0.2) is 4.98 Å². The molecule has 0 atom stereocenters. The Hall–Kier alpha value is -2.24. The molecule has 4 aromatic rings. The molecule has 0 N–H and O–H groups in total. The van der Waals surface area contributed by atoms with Crippen molar-refractivity contribution in [1.82, 2.24) is 14.8 Å². The molecule has 126 valence electrons. The lowest BCUT2D eigenvalue weighted by molar-refractivity contribution is 0.414. The first-order valence-corrected chi connectivity index (χ1v) is 9.41. The van der Waals surface area contributed by atoms with Crippen LogP contribution in [-0.2, 0) is 6.54 Å². The Morgan fingerprint density at radius 3 is 2.64 bits per heavy atom. The van der Waals surface area contributed by atoms with Crippen molar-refractivity contribution in [2.45, 2.75) is 11.4 Å². The van der Waals surface area contributed by atoms with Gasteiger partial charge >= 0.3 is 0 Å². The highest BCUT2D eigenvalue weighted by Gasteiger charge is 2.12. The quantitative estimate of drug-likeness (QED) is 0.374. The normalized spacial score (nSPS) is 11.3. The average Bonchev–Trinajstić information content (AvgIpc) is 3.07. The zero-order chi connectivity index (χ0) is 17.4. The van der Waals surface area contributed by atoms with Crippen LogP contribution >= 0.6 is 23.4 Å². The van der Waals surface area contributed by atoms with Gasteiger partial charge in [-0.2, -0.15) is 5.10 Å². The first-order chi connectivity index (χ1) is 12.2. The second-order valence-corrected chi connectivity index (χ2v) is 6.96. The second kappa shape index (κ2) is 6.58. The van der Waals surface area contributed by atoms with E-state index in [-0.39, 0.29) is 0 Å². The molecule has 0 saturated heterocycles. The molecule has 2 aromatic carbocycles. The van der Waals surface area contributed by atoms with Crippen LogP contribution in [0.1, 0.15) is 5.56 Å². The van der Waals surface area contributed by atoms with Gasteiger partial charge in [-0.15, -0.1) is 11.8 Å². The maximum absolute atomic E-state index is 6.36. The maximum atomic E-state index is 6.36. The Bertz CT molecular complexity index is 1060. The average molecular weight is 370 g/mol. The molecule has 0 aliphatic heterocycles. The first kappa shape index (κ1) is 16.2. The fourth-order valence-electron chi connectivity index (χ4n) is 2.88. The third-order valence-corrected chi connectivity index (χ3v) is 5.16. The van der Waals surface area contributed by atoms with Gasteiger partial charge in [-0.1, -0.05) is 23.7 Å². The van der Waals surface area contributed by atoms with E-state index in [9.17, 15) is 0 Å². The molecule has 0 radical (unpaired) electrons. The SMILES string of the molecule is COc1ccc(Cn2cc3c(n2)c(Cl)nc2ccc(SC)cc23)cc1. The lowest BCUT2D eigenvalue weighted by Gasteiger charge is -2.03. The van der Waals surface area contributed by atoms with E-state index in [0.717, 1.165) is 33.1 Å². The molecule has 0 fully saturated rings. The molecule has 25 heavy (non-hydrogen) atoms. The predicted octanol–water partition coefficient (Wildman–Crippen LogP) is 5.02. The van der Waals surface area contributed by atoms with Crippen LogP contribution in [0.4, 0.5) is 0 Å².